The number of rotatable bonds is 3. The van der Waals surface area contributed by atoms with Crippen molar-refractivity contribution in [2.24, 2.45) is 11.3 Å². The number of nitrogens with zero attached hydrogens (tertiary/aromatic N) is 1. The quantitative estimate of drug-likeness (QED) is 0.470. The van der Waals surface area contributed by atoms with Crippen molar-refractivity contribution >= 4 is 44.1 Å². The van der Waals surface area contributed by atoms with Crippen LogP contribution < -0.4 is 10.9 Å². The van der Waals surface area contributed by atoms with Gasteiger partial charge in [-0.05, 0) is 55.2 Å². The molecule has 2 heterocycles. The molecule has 7 nitrogen and oxygen atoms in total. The molecule has 0 saturated heterocycles. The maximum absolute atomic E-state index is 12.6. The van der Waals surface area contributed by atoms with Crippen LogP contribution in [0.5, 0.6) is 0 Å². The van der Waals surface area contributed by atoms with Gasteiger partial charge in [0.25, 0.3) is 5.56 Å². The molecular formula is C22H26BrN3O4. The predicted molar refractivity (Wildman–Crippen MR) is 119 cm³/mol. The van der Waals surface area contributed by atoms with E-state index in [1.807, 2.05) is 18.2 Å². The Labute approximate surface area is 182 Å². The number of benzene rings is 1. The number of carbonyl (C=O) groups is 1. The molecule has 3 aromatic rings. The molecule has 0 radical (unpaired) electrons. The van der Waals surface area contributed by atoms with Gasteiger partial charge in [0.15, 0.2) is 0 Å². The van der Waals surface area contributed by atoms with Crippen LogP contribution in [-0.4, -0.2) is 27.2 Å². The van der Waals surface area contributed by atoms with E-state index < -0.39 is 6.09 Å². The van der Waals surface area contributed by atoms with Crippen LogP contribution >= 0.6 is 15.9 Å². The maximum atomic E-state index is 12.6. The first kappa shape index (κ1) is 20.9. The molecule has 1 aromatic carbocycles. The van der Waals surface area contributed by atoms with Gasteiger partial charge in [0.2, 0.25) is 5.58 Å². The highest BCUT2D eigenvalue weighted by atomic mass is 79.9. The van der Waals surface area contributed by atoms with Gasteiger partial charge in [-0.2, -0.15) is 0 Å². The van der Waals surface area contributed by atoms with Crippen LogP contribution in [-0.2, 0) is 0 Å². The van der Waals surface area contributed by atoms with Gasteiger partial charge in [-0.25, -0.2) is 9.78 Å². The summed E-state index contributed by atoms with van der Waals surface area (Å²) in [6.45, 7) is 6.19. The summed E-state index contributed by atoms with van der Waals surface area (Å²) >= 11 is 3.47. The maximum Gasteiger partial charge on any atom is 0.404 e. The molecule has 0 bridgehead atoms. The fraction of sp³-hybridized carbons (Fsp3) is 0.500. The standard InChI is InChI=1S/C22H26BrN3O4/c1-22(2,3)18(25-21(28)29)11-4-6-12(7-5-11)19-24-16-14-10-13(23)8-9-15(14)30-17(16)20(27)26-19/h8-12,18,25H,4-7H2,1-3H3,(H,28,29)(H,24,26,27). The number of aromatic amines is 1. The molecule has 1 aliphatic rings. The van der Waals surface area contributed by atoms with Crippen LogP contribution in [0.2, 0.25) is 0 Å². The summed E-state index contributed by atoms with van der Waals surface area (Å²) in [4.78, 5) is 31.6. The van der Waals surface area contributed by atoms with Crippen LogP contribution in [0.4, 0.5) is 4.79 Å². The molecule has 3 N–H and O–H groups in total. The minimum absolute atomic E-state index is 0.111. The van der Waals surface area contributed by atoms with E-state index in [1.165, 1.54) is 0 Å². The van der Waals surface area contributed by atoms with Crippen LogP contribution in [0, 0.1) is 11.3 Å². The largest absolute Gasteiger partial charge is 0.465 e. The molecule has 1 atom stereocenters. The lowest BCUT2D eigenvalue weighted by Gasteiger charge is -2.40. The van der Waals surface area contributed by atoms with E-state index in [-0.39, 0.29) is 34.4 Å². The van der Waals surface area contributed by atoms with E-state index in [4.69, 9.17) is 9.40 Å². The van der Waals surface area contributed by atoms with E-state index >= 15 is 0 Å². The summed E-state index contributed by atoms with van der Waals surface area (Å²) in [5, 5.41) is 12.8. The zero-order valence-electron chi connectivity index (χ0n) is 17.3. The second kappa shape index (κ2) is 7.72. The summed E-state index contributed by atoms with van der Waals surface area (Å²) in [6.07, 6.45) is 2.49. The van der Waals surface area contributed by atoms with Gasteiger partial charge in [-0.3, -0.25) is 4.79 Å². The van der Waals surface area contributed by atoms with Gasteiger partial charge in [0, 0.05) is 21.8 Å². The van der Waals surface area contributed by atoms with Gasteiger partial charge in [0.05, 0.1) is 0 Å². The third kappa shape index (κ3) is 3.97. The van der Waals surface area contributed by atoms with E-state index in [0.29, 0.717) is 16.9 Å². The van der Waals surface area contributed by atoms with Crippen molar-refractivity contribution in [3.8, 4) is 0 Å². The van der Waals surface area contributed by atoms with E-state index in [1.54, 1.807) is 0 Å². The predicted octanol–water partition coefficient (Wildman–Crippen LogP) is 5.39. The zero-order chi connectivity index (χ0) is 21.6. The Morgan fingerprint density at radius 1 is 1.30 bits per heavy atom. The first-order valence-corrected chi connectivity index (χ1v) is 11.0. The molecule has 0 aliphatic heterocycles. The third-order valence-electron chi connectivity index (χ3n) is 6.15. The summed E-state index contributed by atoms with van der Waals surface area (Å²) < 4.78 is 6.62. The number of furan rings is 1. The zero-order valence-corrected chi connectivity index (χ0v) is 18.9. The molecule has 0 spiro atoms. The Bertz CT molecular complexity index is 1150. The van der Waals surface area contributed by atoms with Crippen molar-refractivity contribution in [3.05, 3.63) is 38.9 Å². The average Bonchev–Trinajstić information content (AvgIpc) is 3.04. The first-order chi connectivity index (χ1) is 14.1. The third-order valence-corrected chi connectivity index (χ3v) is 6.64. The minimum Gasteiger partial charge on any atom is -0.465 e. The van der Waals surface area contributed by atoms with Crippen molar-refractivity contribution in [2.75, 3.05) is 0 Å². The Morgan fingerprint density at radius 3 is 2.63 bits per heavy atom. The fourth-order valence-electron chi connectivity index (χ4n) is 4.74. The molecule has 30 heavy (non-hydrogen) atoms. The van der Waals surface area contributed by atoms with Gasteiger partial charge in [-0.15, -0.1) is 0 Å². The SMILES string of the molecule is CC(C)(C)C(NC(=O)O)C1CCC(c2nc3c(oc4ccc(Br)cc43)c(=O)[nH]2)CC1. The van der Waals surface area contributed by atoms with Crippen LogP contribution in [0.25, 0.3) is 22.1 Å². The van der Waals surface area contributed by atoms with Gasteiger partial charge in [-0.1, -0.05) is 36.7 Å². The summed E-state index contributed by atoms with van der Waals surface area (Å²) in [7, 11) is 0. The molecule has 160 valence electrons. The normalized spacial score (nSPS) is 21.1. The molecule has 1 unspecified atom stereocenters. The number of hydrogen-bond donors (Lipinski definition) is 3. The molecule has 1 amide bonds. The lowest BCUT2D eigenvalue weighted by atomic mass is 9.70. The molecule has 1 aliphatic carbocycles. The topological polar surface area (TPSA) is 108 Å². The molecule has 1 fully saturated rings. The number of fused-ring (bicyclic) bond motifs is 3. The van der Waals surface area contributed by atoms with Crippen LogP contribution in [0.15, 0.2) is 31.9 Å². The molecular weight excluding hydrogens is 450 g/mol. The van der Waals surface area contributed by atoms with Crippen molar-refractivity contribution in [3.63, 3.8) is 0 Å². The number of nitrogens with one attached hydrogen (secondary N) is 2. The van der Waals surface area contributed by atoms with Gasteiger partial charge >= 0.3 is 6.09 Å². The van der Waals surface area contributed by atoms with E-state index in [2.05, 4.69) is 47.0 Å². The molecule has 4 rings (SSSR count). The second-order valence-corrected chi connectivity index (χ2v) is 10.2. The number of halogens is 1. The molecule has 8 heteroatoms. The number of aromatic nitrogens is 2. The Hall–Kier alpha value is -2.35. The van der Waals surface area contributed by atoms with Crippen LogP contribution in [0.3, 0.4) is 0 Å². The Morgan fingerprint density at radius 2 is 2.00 bits per heavy atom. The van der Waals surface area contributed by atoms with Gasteiger partial charge in [0.1, 0.15) is 16.9 Å². The fourth-order valence-corrected chi connectivity index (χ4v) is 5.10. The molecule has 1 saturated carbocycles. The highest BCUT2D eigenvalue weighted by Gasteiger charge is 2.36. The Balaban J connectivity index is 1.60. The van der Waals surface area contributed by atoms with Crippen molar-refractivity contribution < 1.29 is 14.3 Å². The van der Waals surface area contributed by atoms with Crippen molar-refractivity contribution in [1.82, 2.24) is 15.3 Å². The second-order valence-electron chi connectivity index (χ2n) is 9.28. The summed E-state index contributed by atoms with van der Waals surface area (Å²) in [5.41, 5.74) is 1.06. The Kier molecular flexibility index (Phi) is 5.38. The van der Waals surface area contributed by atoms with E-state index in [9.17, 15) is 14.7 Å². The van der Waals surface area contributed by atoms with Gasteiger partial charge < -0.3 is 19.8 Å². The highest BCUT2D eigenvalue weighted by molar-refractivity contribution is 9.10. The van der Waals surface area contributed by atoms with Crippen molar-refractivity contribution in [1.29, 1.82) is 0 Å². The van der Waals surface area contributed by atoms with Crippen molar-refractivity contribution in [2.45, 2.75) is 58.4 Å². The number of H-pyrrole nitrogens is 1. The summed E-state index contributed by atoms with van der Waals surface area (Å²) in [6, 6.07) is 5.51. The number of amides is 1. The lowest BCUT2D eigenvalue weighted by Crippen LogP contribution is -2.49. The first-order valence-electron chi connectivity index (χ1n) is 10.2. The number of carboxylic acid groups (broad SMARTS) is 1. The van der Waals surface area contributed by atoms with Crippen LogP contribution in [0.1, 0.15) is 58.2 Å². The summed E-state index contributed by atoms with van der Waals surface area (Å²) in [5.74, 6) is 1.09. The minimum atomic E-state index is -0.980. The lowest BCUT2D eigenvalue weighted by molar-refractivity contribution is 0.132. The van der Waals surface area contributed by atoms with E-state index in [0.717, 1.165) is 35.5 Å². The molecule has 2 aromatic heterocycles. The monoisotopic (exact) mass is 475 g/mol. The highest BCUT2D eigenvalue weighted by Crippen LogP contribution is 2.40. The number of hydrogen-bond acceptors (Lipinski definition) is 4. The smallest absolute Gasteiger partial charge is 0.404 e. The average molecular weight is 476 g/mol.